The summed E-state index contributed by atoms with van der Waals surface area (Å²) >= 11 is 0. The van der Waals surface area contributed by atoms with Gasteiger partial charge in [0.2, 0.25) is 0 Å². The third kappa shape index (κ3) is 2.98. The standard InChI is InChI=1S/C11H17NO/c1-8(2)7-12-10-4-5-11(13)9(3)6-10/h4-6,8,12-13H,7H2,1-3H3. The van der Waals surface area contributed by atoms with Crippen LogP contribution in [0.15, 0.2) is 18.2 Å². The molecular formula is C11H17NO. The van der Waals surface area contributed by atoms with Crippen molar-refractivity contribution in [2.24, 2.45) is 5.92 Å². The fourth-order valence-electron chi connectivity index (χ4n) is 1.09. The van der Waals surface area contributed by atoms with E-state index in [1.54, 1.807) is 6.07 Å². The maximum Gasteiger partial charge on any atom is 0.118 e. The van der Waals surface area contributed by atoms with E-state index in [-0.39, 0.29) is 0 Å². The first kappa shape index (κ1) is 9.90. The predicted molar refractivity (Wildman–Crippen MR) is 56.2 cm³/mol. The monoisotopic (exact) mass is 179 g/mol. The minimum absolute atomic E-state index is 0.357. The van der Waals surface area contributed by atoms with E-state index in [0.29, 0.717) is 11.7 Å². The lowest BCUT2D eigenvalue weighted by Gasteiger charge is -2.09. The number of hydrogen-bond acceptors (Lipinski definition) is 2. The molecule has 0 spiro atoms. The van der Waals surface area contributed by atoms with Crippen LogP contribution in [0.3, 0.4) is 0 Å². The van der Waals surface area contributed by atoms with Gasteiger partial charge in [0.25, 0.3) is 0 Å². The van der Waals surface area contributed by atoms with Crippen LogP contribution >= 0.6 is 0 Å². The molecule has 0 aliphatic rings. The highest BCUT2D eigenvalue weighted by Gasteiger charge is 1.98. The number of rotatable bonds is 3. The van der Waals surface area contributed by atoms with Crippen molar-refractivity contribution < 1.29 is 5.11 Å². The van der Waals surface area contributed by atoms with Crippen LogP contribution in [0.25, 0.3) is 0 Å². The molecule has 0 radical (unpaired) electrons. The number of nitrogens with one attached hydrogen (secondary N) is 1. The summed E-state index contributed by atoms with van der Waals surface area (Å²) in [6.45, 7) is 7.20. The quantitative estimate of drug-likeness (QED) is 0.699. The summed E-state index contributed by atoms with van der Waals surface area (Å²) in [4.78, 5) is 0. The minimum Gasteiger partial charge on any atom is -0.508 e. The van der Waals surface area contributed by atoms with Gasteiger partial charge in [0.15, 0.2) is 0 Å². The third-order valence-corrected chi connectivity index (χ3v) is 1.91. The Morgan fingerprint density at radius 3 is 2.62 bits per heavy atom. The van der Waals surface area contributed by atoms with Crippen molar-refractivity contribution >= 4 is 5.69 Å². The molecule has 1 rings (SSSR count). The van der Waals surface area contributed by atoms with Crippen molar-refractivity contribution in [3.05, 3.63) is 23.8 Å². The molecule has 1 aromatic carbocycles. The van der Waals surface area contributed by atoms with Gasteiger partial charge in [0, 0.05) is 12.2 Å². The van der Waals surface area contributed by atoms with Gasteiger partial charge in [-0.1, -0.05) is 13.8 Å². The molecule has 0 heterocycles. The maximum atomic E-state index is 9.29. The molecule has 0 aliphatic heterocycles. The molecule has 0 aromatic heterocycles. The smallest absolute Gasteiger partial charge is 0.118 e. The van der Waals surface area contributed by atoms with Crippen molar-refractivity contribution in [3.63, 3.8) is 0 Å². The van der Waals surface area contributed by atoms with Crippen molar-refractivity contribution in [1.82, 2.24) is 0 Å². The number of phenolic OH excluding ortho intramolecular Hbond substituents is 1. The first-order valence-electron chi connectivity index (χ1n) is 4.63. The number of benzene rings is 1. The van der Waals surface area contributed by atoms with Gasteiger partial charge in [-0.15, -0.1) is 0 Å². The van der Waals surface area contributed by atoms with Gasteiger partial charge >= 0.3 is 0 Å². The fourth-order valence-corrected chi connectivity index (χ4v) is 1.09. The molecule has 0 aliphatic carbocycles. The van der Waals surface area contributed by atoms with E-state index in [4.69, 9.17) is 0 Å². The second-order valence-electron chi connectivity index (χ2n) is 3.78. The molecule has 0 saturated heterocycles. The van der Waals surface area contributed by atoms with E-state index >= 15 is 0 Å². The van der Waals surface area contributed by atoms with Crippen LogP contribution in [0.2, 0.25) is 0 Å². The van der Waals surface area contributed by atoms with E-state index in [2.05, 4.69) is 19.2 Å². The molecule has 13 heavy (non-hydrogen) atoms. The van der Waals surface area contributed by atoms with Gasteiger partial charge < -0.3 is 10.4 Å². The largest absolute Gasteiger partial charge is 0.508 e. The second kappa shape index (κ2) is 4.17. The Morgan fingerprint density at radius 1 is 1.38 bits per heavy atom. The lowest BCUT2D eigenvalue weighted by atomic mass is 10.2. The first-order chi connectivity index (χ1) is 6.09. The highest BCUT2D eigenvalue weighted by molar-refractivity contribution is 5.50. The summed E-state index contributed by atoms with van der Waals surface area (Å²) in [5, 5.41) is 12.6. The van der Waals surface area contributed by atoms with Crippen LogP contribution in [-0.4, -0.2) is 11.7 Å². The van der Waals surface area contributed by atoms with Crippen LogP contribution in [0.5, 0.6) is 5.75 Å². The van der Waals surface area contributed by atoms with Gasteiger partial charge in [-0.3, -0.25) is 0 Å². The molecule has 2 heteroatoms. The number of aromatic hydroxyl groups is 1. The molecule has 0 atom stereocenters. The van der Waals surface area contributed by atoms with Crippen molar-refractivity contribution in [2.45, 2.75) is 20.8 Å². The molecular weight excluding hydrogens is 162 g/mol. The number of aryl methyl sites for hydroxylation is 1. The minimum atomic E-state index is 0.357. The van der Waals surface area contributed by atoms with Gasteiger partial charge in [0.05, 0.1) is 0 Å². The summed E-state index contributed by atoms with van der Waals surface area (Å²) in [6, 6.07) is 5.57. The predicted octanol–water partition coefficient (Wildman–Crippen LogP) is 2.77. The number of phenols is 1. The molecule has 2 nitrogen and oxygen atoms in total. The first-order valence-corrected chi connectivity index (χ1v) is 4.63. The number of hydrogen-bond donors (Lipinski definition) is 2. The van der Waals surface area contributed by atoms with Crippen LogP contribution in [-0.2, 0) is 0 Å². The van der Waals surface area contributed by atoms with E-state index in [1.807, 2.05) is 19.1 Å². The van der Waals surface area contributed by atoms with E-state index < -0.39 is 0 Å². The van der Waals surface area contributed by atoms with Gasteiger partial charge in [-0.25, -0.2) is 0 Å². The Kier molecular flexibility index (Phi) is 3.18. The van der Waals surface area contributed by atoms with Crippen LogP contribution < -0.4 is 5.32 Å². The summed E-state index contributed by atoms with van der Waals surface area (Å²) in [7, 11) is 0. The Hall–Kier alpha value is -1.18. The Bertz CT molecular complexity index is 281. The summed E-state index contributed by atoms with van der Waals surface area (Å²) in [6.07, 6.45) is 0. The summed E-state index contributed by atoms with van der Waals surface area (Å²) in [5.74, 6) is 0.990. The van der Waals surface area contributed by atoms with E-state index in [0.717, 1.165) is 17.8 Å². The van der Waals surface area contributed by atoms with Crippen molar-refractivity contribution in [1.29, 1.82) is 0 Å². The Balaban J connectivity index is 2.63. The molecule has 2 N–H and O–H groups in total. The molecule has 0 fully saturated rings. The van der Waals surface area contributed by atoms with Crippen LogP contribution in [0, 0.1) is 12.8 Å². The lowest BCUT2D eigenvalue weighted by molar-refractivity contribution is 0.471. The number of anilines is 1. The average Bonchev–Trinajstić information content (AvgIpc) is 2.07. The third-order valence-electron chi connectivity index (χ3n) is 1.91. The average molecular weight is 179 g/mol. The van der Waals surface area contributed by atoms with E-state index in [9.17, 15) is 5.11 Å². The zero-order valence-electron chi connectivity index (χ0n) is 8.46. The fraction of sp³-hybridized carbons (Fsp3) is 0.455. The molecule has 1 aromatic rings. The highest BCUT2D eigenvalue weighted by atomic mass is 16.3. The topological polar surface area (TPSA) is 32.3 Å². The van der Waals surface area contributed by atoms with Crippen LogP contribution in [0.4, 0.5) is 5.69 Å². The Labute approximate surface area is 79.6 Å². The molecule has 72 valence electrons. The van der Waals surface area contributed by atoms with Gasteiger partial charge in [0.1, 0.15) is 5.75 Å². The molecule has 0 unspecified atom stereocenters. The zero-order valence-corrected chi connectivity index (χ0v) is 8.46. The summed E-state index contributed by atoms with van der Waals surface area (Å²) < 4.78 is 0. The maximum absolute atomic E-state index is 9.29. The lowest BCUT2D eigenvalue weighted by Crippen LogP contribution is -2.07. The highest BCUT2D eigenvalue weighted by Crippen LogP contribution is 2.20. The van der Waals surface area contributed by atoms with Crippen molar-refractivity contribution in [2.75, 3.05) is 11.9 Å². The second-order valence-corrected chi connectivity index (χ2v) is 3.78. The van der Waals surface area contributed by atoms with Crippen LogP contribution in [0.1, 0.15) is 19.4 Å². The SMILES string of the molecule is Cc1cc(NCC(C)C)ccc1O. The van der Waals surface area contributed by atoms with E-state index in [1.165, 1.54) is 0 Å². The molecule has 0 amide bonds. The normalized spacial score (nSPS) is 10.5. The van der Waals surface area contributed by atoms with Gasteiger partial charge in [-0.2, -0.15) is 0 Å². The summed E-state index contributed by atoms with van der Waals surface area (Å²) in [5.41, 5.74) is 1.98. The Morgan fingerprint density at radius 2 is 2.08 bits per heavy atom. The zero-order chi connectivity index (χ0) is 9.84. The van der Waals surface area contributed by atoms with Gasteiger partial charge in [-0.05, 0) is 36.6 Å². The van der Waals surface area contributed by atoms with Crippen molar-refractivity contribution in [3.8, 4) is 5.75 Å². The molecule has 0 saturated carbocycles. The molecule has 0 bridgehead atoms.